The molecule has 0 spiro atoms. The van der Waals surface area contributed by atoms with Crippen LogP contribution in [-0.4, -0.2) is 17.6 Å². The number of aromatic nitrogens is 1. The van der Waals surface area contributed by atoms with E-state index in [2.05, 4.69) is 9.72 Å². The molecule has 0 aromatic carbocycles. The molecule has 1 N–H and O–H groups in total. The number of alkyl halides is 2. The standard InChI is InChI=1S/C10H11F2NO3/c1-3-16-10(15)6-4-7(14)13-5(2)8(6)9(11)12/h4,9H,3H2,1-2H3,(H,13,14). The SMILES string of the molecule is CCOC(=O)c1cc(=O)[nH]c(C)c1C(F)F. The molecule has 0 aliphatic carbocycles. The van der Waals surface area contributed by atoms with Gasteiger partial charge in [-0.3, -0.25) is 4.79 Å². The molecule has 0 radical (unpaired) electrons. The van der Waals surface area contributed by atoms with Gasteiger partial charge in [-0.05, 0) is 13.8 Å². The van der Waals surface area contributed by atoms with Gasteiger partial charge in [0.2, 0.25) is 5.56 Å². The maximum atomic E-state index is 12.7. The van der Waals surface area contributed by atoms with Gasteiger partial charge in [-0.2, -0.15) is 0 Å². The van der Waals surface area contributed by atoms with Crippen LogP contribution in [-0.2, 0) is 4.74 Å². The van der Waals surface area contributed by atoms with Gasteiger partial charge in [-0.1, -0.05) is 0 Å². The molecular formula is C10H11F2NO3. The number of ether oxygens (including phenoxy) is 1. The number of aromatic amines is 1. The Kier molecular flexibility index (Phi) is 3.76. The van der Waals surface area contributed by atoms with E-state index in [1.54, 1.807) is 6.92 Å². The molecule has 1 aromatic rings. The number of H-pyrrole nitrogens is 1. The number of pyridine rings is 1. The number of hydrogen-bond donors (Lipinski definition) is 1. The third-order valence-corrected chi connectivity index (χ3v) is 1.99. The molecule has 88 valence electrons. The van der Waals surface area contributed by atoms with Crippen LogP contribution in [0, 0.1) is 6.92 Å². The zero-order valence-electron chi connectivity index (χ0n) is 8.84. The van der Waals surface area contributed by atoms with Gasteiger partial charge in [0.15, 0.2) is 0 Å². The highest BCUT2D eigenvalue weighted by atomic mass is 19.3. The summed E-state index contributed by atoms with van der Waals surface area (Å²) in [5.74, 6) is -0.910. The predicted molar refractivity (Wildman–Crippen MR) is 52.7 cm³/mol. The van der Waals surface area contributed by atoms with Crippen LogP contribution in [0.4, 0.5) is 8.78 Å². The Bertz CT molecular complexity index is 454. The zero-order valence-corrected chi connectivity index (χ0v) is 8.84. The molecule has 0 atom stereocenters. The van der Waals surface area contributed by atoms with E-state index in [0.717, 1.165) is 6.07 Å². The first-order chi connectivity index (χ1) is 7.47. The Hall–Kier alpha value is -1.72. The zero-order chi connectivity index (χ0) is 12.3. The quantitative estimate of drug-likeness (QED) is 0.807. The molecular weight excluding hydrogens is 220 g/mol. The lowest BCUT2D eigenvalue weighted by Crippen LogP contribution is -2.17. The van der Waals surface area contributed by atoms with Gasteiger partial charge in [0.1, 0.15) is 0 Å². The lowest BCUT2D eigenvalue weighted by atomic mass is 10.1. The largest absolute Gasteiger partial charge is 0.462 e. The monoisotopic (exact) mass is 231 g/mol. The molecule has 0 unspecified atom stereocenters. The maximum absolute atomic E-state index is 12.7. The van der Waals surface area contributed by atoms with Gasteiger partial charge >= 0.3 is 5.97 Å². The van der Waals surface area contributed by atoms with Crippen molar-refractivity contribution in [2.45, 2.75) is 20.3 Å². The molecule has 1 heterocycles. The summed E-state index contributed by atoms with van der Waals surface area (Å²) >= 11 is 0. The topological polar surface area (TPSA) is 59.2 Å². The molecule has 1 aromatic heterocycles. The van der Waals surface area contributed by atoms with Crippen LogP contribution in [0.1, 0.15) is 35.0 Å². The average molecular weight is 231 g/mol. The van der Waals surface area contributed by atoms with Crippen molar-refractivity contribution in [1.82, 2.24) is 4.98 Å². The number of halogens is 2. The minimum absolute atomic E-state index is 0.0226. The number of carbonyl (C=O) groups excluding carboxylic acids is 1. The fourth-order valence-electron chi connectivity index (χ4n) is 1.36. The molecule has 0 bridgehead atoms. The Morgan fingerprint density at radius 3 is 2.69 bits per heavy atom. The van der Waals surface area contributed by atoms with Crippen molar-refractivity contribution in [3.05, 3.63) is 33.2 Å². The van der Waals surface area contributed by atoms with Crippen molar-refractivity contribution < 1.29 is 18.3 Å². The van der Waals surface area contributed by atoms with Crippen molar-refractivity contribution in [2.24, 2.45) is 0 Å². The van der Waals surface area contributed by atoms with E-state index in [-0.39, 0.29) is 17.9 Å². The van der Waals surface area contributed by atoms with Gasteiger partial charge in [0.05, 0.1) is 17.7 Å². The third-order valence-electron chi connectivity index (χ3n) is 1.99. The Labute approximate surface area is 90.2 Å². The first-order valence-corrected chi connectivity index (χ1v) is 4.66. The average Bonchev–Trinajstić information content (AvgIpc) is 2.15. The Balaban J connectivity index is 3.35. The second kappa shape index (κ2) is 4.87. The Morgan fingerprint density at radius 2 is 2.19 bits per heavy atom. The van der Waals surface area contributed by atoms with E-state index in [1.165, 1.54) is 6.92 Å². The first-order valence-electron chi connectivity index (χ1n) is 4.66. The molecule has 16 heavy (non-hydrogen) atoms. The fraction of sp³-hybridized carbons (Fsp3) is 0.400. The van der Waals surface area contributed by atoms with Gasteiger partial charge in [-0.25, -0.2) is 13.6 Å². The summed E-state index contributed by atoms with van der Waals surface area (Å²) in [4.78, 5) is 24.7. The summed E-state index contributed by atoms with van der Waals surface area (Å²) < 4.78 is 30.0. The molecule has 0 saturated carbocycles. The second-order valence-electron chi connectivity index (χ2n) is 3.11. The van der Waals surface area contributed by atoms with E-state index >= 15 is 0 Å². The molecule has 1 rings (SSSR count). The summed E-state index contributed by atoms with van der Waals surface area (Å²) in [5.41, 5.74) is -1.49. The van der Waals surface area contributed by atoms with Crippen LogP contribution in [0.25, 0.3) is 0 Å². The maximum Gasteiger partial charge on any atom is 0.338 e. The highest BCUT2D eigenvalue weighted by molar-refractivity contribution is 5.91. The van der Waals surface area contributed by atoms with E-state index in [9.17, 15) is 18.4 Å². The minimum Gasteiger partial charge on any atom is -0.462 e. The van der Waals surface area contributed by atoms with Crippen molar-refractivity contribution in [3.63, 3.8) is 0 Å². The van der Waals surface area contributed by atoms with E-state index in [1.807, 2.05) is 0 Å². The predicted octanol–water partition coefficient (Wildman–Crippen LogP) is 1.80. The number of nitrogens with one attached hydrogen (secondary N) is 1. The molecule has 0 amide bonds. The van der Waals surface area contributed by atoms with Gasteiger partial charge in [-0.15, -0.1) is 0 Å². The van der Waals surface area contributed by atoms with Crippen LogP contribution in [0.15, 0.2) is 10.9 Å². The van der Waals surface area contributed by atoms with Crippen LogP contribution in [0.5, 0.6) is 0 Å². The van der Waals surface area contributed by atoms with Crippen molar-refractivity contribution in [2.75, 3.05) is 6.61 Å². The number of carbonyl (C=O) groups is 1. The molecule has 6 heteroatoms. The van der Waals surface area contributed by atoms with Crippen molar-refractivity contribution in [1.29, 1.82) is 0 Å². The van der Waals surface area contributed by atoms with E-state index in [0.29, 0.717) is 0 Å². The van der Waals surface area contributed by atoms with Crippen molar-refractivity contribution in [3.8, 4) is 0 Å². The lowest BCUT2D eigenvalue weighted by Gasteiger charge is -2.10. The normalized spacial score (nSPS) is 10.6. The number of rotatable bonds is 3. The first kappa shape index (κ1) is 12.4. The van der Waals surface area contributed by atoms with E-state index < -0.39 is 23.5 Å². The highest BCUT2D eigenvalue weighted by Crippen LogP contribution is 2.24. The van der Waals surface area contributed by atoms with Gasteiger partial charge in [0, 0.05) is 11.8 Å². The minimum atomic E-state index is -2.84. The third kappa shape index (κ3) is 2.44. The van der Waals surface area contributed by atoms with Crippen LogP contribution in [0.3, 0.4) is 0 Å². The smallest absolute Gasteiger partial charge is 0.338 e. The number of hydrogen-bond acceptors (Lipinski definition) is 3. The number of aryl methyl sites for hydroxylation is 1. The van der Waals surface area contributed by atoms with Crippen molar-refractivity contribution >= 4 is 5.97 Å². The summed E-state index contributed by atoms with van der Waals surface area (Å²) in [5, 5.41) is 0. The van der Waals surface area contributed by atoms with Crippen LogP contribution >= 0.6 is 0 Å². The van der Waals surface area contributed by atoms with Gasteiger partial charge < -0.3 is 9.72 Å². The highest BCUT2D eigenvalue weighted by Gasteiger charge is 2.22. The van der Waals surface area contributed by atoms with E-state index in [4.69, 9.17) is 0 Å². The fourth-order valence-corrected chi connectivity index (χ4v) is 1.36. The molecule has 4 nitrogen and oxygen atoms in total. The summed E-state index contributed by atoms with van der Waals surface area (Å²) in [6.07, 6.45) is -2.84. The second-order valence-corrected chi connectivity index (χ2v) is 3.11. The molecule has 0 saturated heterocycles. The van der Waals surface area contributed by atoms with Gasteiger partial charge in [0.25, 0.3) is 6.43 Å². The number of esters is 1. The summed E-state index contributed by atoms with van der Waals surface area (Å²) in [6.45, 7) is 2.93. The summed E-state index contributed by atoms with van der Waals surface area (Å²) in [7, 11) is 0. The van der Waals surface area contributed by atoms with Crippen LogP contribution in [0.2, 0.25) is 0 Å². The lowest BCUT2D eigenvalue weighted by molar-refractivity contribution is 0.0514. The Morgan fingerprint density at radius 1 is 1.56 bits per heavy atom. The summed E-state index contributed by atoms with van der Waals surface area (Å²) in [6, 6.07) is 0.826. The molecule has 0 aliphatic heterocycles. The molecule has 0 fully saturated rings. The van der Waals surface area contributed by atoms with Crippen LogP contribution < -0.4 is 5.56 Å². The molecule has 0 aliphatic rings.